The van der Waals surface area contributed by atoms with Crippen molar-refractivity contribution in [3.05, 3.63) is 24.3 Å². The van der Waals surface area contributed by atoms with Gasteiger partial charge >= 0.3 is 0 Å². The maximum Gasteiger partial charge on any atom is 0.242 e. The molecule has 1 amide bonds. The molecule has 1 aromatic rings. The van der Waals surface area contributed by atoms with Crippen molar-refractivity contribution in [2.45, 2.75) is 45.7 Å². The van der Waals surface area contributed by atoms with Gasteiger partial charge in [0.05, 0.1) is 0 Å². The second-order valence-electron chi connectivity index (χ2n) is 5.37. The Balaban J connectivity index is 1.90. The number of hydrogen-bond acceptors (Lipinski definition) is 3. The van der Waals surface area contributed by atoms with Gasteiger partial charge in [0, 0.05) is 30.5 Å². The number of benzene rings is 1. The van der Waals surface area contributed by atoms with Crippen molar-refractivity contribution in [1.82, 2.24) is 5.32 Å². The summed E-state index contributed by atoms with van der Waals surface area (Å²) < 4.78 is 0. The fourth-order valence-electron chi connectivity index (χ4n) is 2.23. The van der Waals surface area contributed by atoms with Crippen molar-refractivity contribution in [1.29, 1.82) is 0 Å². The molecule has 1 aliphatic carbocycles. The van der Waals surface area contributed by atoms with Crippen LogP contribution in [0.3, 0.4) is 0 Å². The molecule has 0 radical (unpaired) electrons. The van der Waals surface area contributed by atoms with Crippen LogP contribution < -0.4 is 15.5 Å². The number of rotatable bonds is 7. The highest BCUT2D eigenvalue weighted by Crippen LogP contribution is 2.20. The Kier molecular flexibility index (Phi) is 4.88. The largest absolute Gasteiger partial charge is 0.374 e. The molecule has 1 saturated carbocycles. The van der Waals surface area contributed by atoms with E-state index in [2.05, 4.69) is 41.5 Å². The van der Waals surface area contributed by atoms with Gasteiger partial charge in [-0.05, 0) is 57.9 Å². The van der Waals surface area contributed by atoms with E-state index in [1.165, 1.54) is 5.69 Å². The van der Waals surface area contributed by atoms with Gasteiger partial charge in [0.15, 0.2) is 0 Å². The van der Waals surface area contributed by atoms with E-state index in [1.807, 2.05) is 19.1 Å². The Labute approximate surface area is 121 Å². The molecule has 0 aromatic heterocycles. The van der Waals surface area contributed by atoms with E-state index in [0.29, 0.717) is 6.04 Å². The summed E-state index contributed by atoms with van der Waals surface area (Å²) in [6.45, 7) is 8.21. The molecule has 0 saturated heterocycles. The van der Waals surface area contributed by atoms with Gasteiger partial charge in [-0.3, -0.25) is 4.79 Å². The monoisotopic (exact) mass is 275 g/mol. The summed E-state index contributed by atoms with van der Waals surface area (Å²) in [4.78, 5) is 14.2. The molecule has 2 rings (SSSR count). The first-order chi connectivity index (χ1) is 9.63. The lowest BCUT2D eigenvalue weighted by atomic mass is 10.2. The van der Waals surface area contributed by atoms with Gasteiger partial charge in [0.25, 0.3) is 0 Å². The van der Waals surface area contributed by atoms with Crippen LogP contribution in [0.15, 0.2) is 24.3 Å². The molecule has 2 N–H and O–H groups in total. The zero-order valence-electron chi connectivity index (χ0n) is 12.6. The van der Waals surface area contributed by atoms with Gasteiger partial charge in [-0.1, -0.05) is 0 Å². The average Bonchev–Trinajstić information content (AvgIpc) is 3.26. The van der Waals surface area contributed by atoms with Gasteiger partial charge in [-0.15, -0.1) is 0 Å². The number of nitrogens with one attached hydrogen (secondary N) is 2. The zero-order chi connectivity index (χ0) is 14.5. The summed E-state index contributed by atoms with van der Waals surface area (Å²) in [5.41, 5.74) is 2.20. The van der Waals surface area contributed by atoms with Crippen LogP contribution in [-0.4, -0.2) is 31.1 Å². The van der Waals surface area contributed by atoms with E-state index in [4.69, 9.17) is 0 Å². The molecular weight excluding hydrogens is 250 g/mol. The lowest BCUT2D eigenvalue weighted by molar-refractivity contribution is -0.121. The van der Waals surface area contributed by atoms with Crippen LogP contribution in [0, 0.1) is 0 Å². The molecule has 1 aromatic carbocycles. The minimum Gasteiger partial charge on any atom is -0.374 e. The van der Waals surface area contributed by atoms with Crippen molar-refractivity contribution in [2.75, 3.05) is 23.3 Å². The first-order valence-electron chi connectivity index (χ1n) is 7.56. The first-order valence-corrected chi connectivity index (χ1v) is 7.56. The van der Waals surface area contributed by atoms with Crippen LogP contribution in [0.25, 0.3) is 0 Å². The number of carbonyl (C=O) groups is 1. The molecule has 1 unspecified atom stereocenters. The first kappa shape index (κ1) is 14.7. The predicted octanol–water partition coefficient (Wildman–Crippen LogP) is 2.61. The Bertz CT molecular complexity index is 436. The van der Waals surface area contributed by atoms with Crippen LogP contribution >= 0.6 is 0 Å². The molecule has 4 heteroatoms. The quantitative estimate of drug-likeness (QED) is 0.804. The van der Waals surface area contributed by atoms with E-state index in [0.717, 1.165) is 31.6 Å². The number of carbonyl (C=O) groups excluding carboxylic acids is 1. The third-order valence-corrected chi connectivity index (χ3v) is 3.70. The molecule has 1 aliphatic rings. The summed E-state index contributed by atoms with van der Waals surface area (Å²) in [6, 6.07) is 8.48. The van der Waals surface area contributed by atoms with Crippen LogP contribution in [0.5, 0.6) is 0 Å². The van der Waals surface area contributed by atoms with E-state index < -0.39 is 0 Å². The SMILES string of the molecule is CCN(CC)c1ccc(NC(C)C(=O)NC2CC2)cc1. The summed E-state index contributed by atoms with van der Waals surface area (Å²) in [5, 5.41) is 6.26. The minimum absolute atomic E-state index is 0.0836. The highest BCUT2D eigenvalue weighted by molar-refractivity contribution is 5.84. The summed E-state index contributed by atoms with van der Waals surface area (Å²) in [5.74, 6) is 0.0836. The van der Waals surface area contributed by atoms with Crippen molar-refractivity contribution in [3.63, 3.8) is 0 Å². The lowest BCUT2D eigenvalue weighted by Crippen LogP contribution is -2.38. The predicted molar refractivity (Wildman–Crippen MR) is 84.3 cm³/mol. The van der Waals surface area contributed by atoms with Crippen molar-refractivity contribution >= 4 is 17.3 Å². The normalized spacial score (nSPS) is 15.6. The van der Waals surface area contributed by atoms with Gasteiger partial charge < -0.3 is 15.5 Å². The second-order valence-corrected chi connectivity index (χ2v) is 5.37. The standard InChI is InChI=1S/C16H25N3O/c1-4-19(5-2)15-10-8-13(9-11-15)17-12(3)16(20)18-14-6-7-14/h8-12,14,17H,4-7H2,1-3H3,(H,18,20). The highest BCUT2D eigenvalue weighted by Gasteiger charge is 2.25. The number of anilines is 2. The van der Waals surface area contributed by atoms with Crippen LogP contribution in [0.1, 0.15) is 33.6 Å². The Morgan fingerprint density at radius 1 is 1.25 bits per heavy atom. The molecule has 110 valence electrons. The van der Waals surface area contributed by atoms with Gasteiger partial charge in [-0.2, -0.15) is 0 Å². The van der Waals surface area contributed by atoms with Gasteiger partial charge in [-0.25, -0.2) is 0 Å². The molecule has 0 aliphatic heterocycles. The van der Waals surface area contributed by atoms with Crippen molar-refractivity contribution in [2.24, 2.45) is 0 Å². The van der Waals surface area contributed by atoms with Crippen LogP contribution in [0.4, 0.5) is 11.4 Å². The fraction of sp³-hybridized carbons (Fsp3) is 0.562. The smallest absolute Gasteiger partial charge is 0.242 e. The molecule has 4 nitrogen and oxygen atoms in total. The summed E-state index contributed by atoms with van der Waals surface area (Å²) in [6.07, 6.45) is 2.24. The topological polar surface area (TPSA) is 44.4 Å². The fourth-order valence-corrected chi connectivity index (χ4v) is 2.23. The third kappa shape index (κ3) is 3.89. The van der Waals surface area contributed by atoms with Crippen LogP contribution in [0.2, 0.25) is 0 Å². The summed E-state index contributed by atoms with van der Waals surface area (Å²) in [7, 11) is 0. The molecule has 1 fully saturated rings. The maximum absolute atomic E-state index is 11.9. The minimum atomic E-state index is -0.199. The Morgan fingerprint density at radius 3 is 2.35 bits per heavy atom. The van der Waals surface area contributed by atoms with Gasteiger partial charge in [0.2, 0.25) is 5.91 Å². The second kappa shape index (κ2) is 6.64. The van der Waals surface area contributed by atoms with E-state index >= 15 is 0 Å². The zero-order valence-corrected chi connectivity index (χ0v) is 12.6. The lowest BCUT2D eigenvalue weighted by Gasteiger charge is -2.21. The number of hydrogen-bond donors (Lipinski definition) is 2. The number of nitrogens with zero attached hydrogens (tertiary/aromatic N) is 1. The molecule has 0 heterocycles. The summed E-state index contributed by atoms with van der Waals surface area (Å²) >= 11 is 0. The molecular formula is C16H25N3O. The Morgan fingerprint density at radius 2 is 1.85 bits per heavy atom. The van der Waals surface area contributed by atoms with E-state index in [1.54, 1.807) is 0 Å². The van der Waals surface area contributed by atoms with Crippen molar-refractivity contribution < 1.29 is 4.79 Å². The maximum atomic E-state index is 11.9. The van der Waals surface area contributed by atoms with E-state index in [9.17, 15) is 4.79 Å². The van der Waals surface area contributed by atoms with E-state index in [-0.39, 0.29) is 11.9 Å². The van der Waals surface area contributed by atoms with Crippen LogP contribution in [-0.2, 0) is 4.79 Å². The molecule has 0 bridgehead atoms. The average molecular weight is 275 g/mol. The van der Waals surface area contributed by atoms with Crippen molar-refractivity contribution in [3.8, 4) is 0 Å². The third-order valence-electron chi connectivity index (χ3n) is 3.70. The molecule has 20 heavy (non-hydrogen) atoms. The highest BCUT2D eigenvalue weighted by atomic mass is 16.2. The molecule has 1 atom stereocenters. The number of amides is 1. The Hall–Kier alpha value is -1.71. The van der Waals surface area contributed by atoms with Gasteiger partial charge in [0.1, 0.15) is 6.04 Å². The molecule has 0 spiro atoms.